The Morgan fingerprint density at radius 2 is 1.70 bits per heavy atom. The molecule has 1 aromatic rings. The summed E-state index contributed by atoms with van der Waals surface area (Å²) in [6.07, 6.45) is 0.300. The van der Waals surface area contributed by atoms with Gasteiger partial charge < -0.3 is 10.2 Å². The fraction of sp³-hybridized carbons (Fsp3) is 0.231. The lowest BCUT2D eigenvalue weighted by molar-refractivity contribution is -0.135. The molecule has 2 heterocycles. The molecule has 1 aromatic carbocycles. The lowest BCUT2D eigenvalue weighted by Crippen LogP contribution is -2.53. The number of nitrogens with zero attached hydrogens (tertiary/aromatic N) is 1. The number of benzene rings is 1. The van der Waals surface area contributed by atoms with Crippen LogP contribution < -0.4 is 10.6 Å². The summed E-state index contributed by atoms with van der Waals surface area (Å²) in [6, 6.07) is 4.87. The molecule has 4 amide bonds. The zero-order chi connectivity index (χ0) is 14.3. The van der Waals surface area contributed by atoms with Crippen molar-refractivity contribution in [3.63, 3.8) is 0 Å². The molecule has 7 nitrogen and oxygen atoms in total. The molecule has 0 aromatic heterocycles. The van der Waals surface area contributed by atoms with Gasteiger partial charge in [0.05, 0.1) is 6.42 Å². The third-order valence-corrected chi connectivity index (χ3v) is 3.22. The van der Waals surface area contributed by atoms with Crippen molar-refractivity contribution in [2.24, 2.45) is 0 Å². The Morgan fingerprint density at radius 1 is 1.00 bits per heavy atom. The van der Waals surface area contributed by atoms with Crippen LogP contribution in [0, 0.1) is 0 Å². The van der Waals surface area contributed by atoms with E-state index in [1.807, 2.05) is 0 Å². The first kappa shape index (κ1) is 12.3. The van der Waals surface area contributed by atoms with Crippen LogP contribution in [0.15, 0.2) is 18.2 Å². The number of carbonyl (C=O) groups is 4. The summed E-state index contributed by atoms with van der Waals surface area (Å²) in [5.74, 6) is -1.51. The summed E-state index contributed by atoms with van der Waals surface area (Å²) in [5, 5.41) is 4.79. The second-order valence-corrected chi connectivity index (χ2v) is 4.73. The van der Waals surface area contributed by atoms with Crippen LogP contribution >= 0.6 is 0 Å². The van der Waals surface area contributed by atoms with Gasteiger partial charge in [-0.05, 0) is 17.7 Å². The van der Waals surface area contributed by atoms with Gasteiger partial charge in [-0.3, -0.25) is 24.5 Å². The van der Waals surface area contributed by atoms with Crippen LogP contribution in [-0.4, -0.2) is 41.6 Å². The molecule has 3 rings (SSSR count). The quantitative estimate of drug-likeness (QED) is 0.660. The molecule has 2 aliphatic heterocycles. The van der Waals surface area contributed by atoms with Crippen LogP contribution in [0.5, 0.6) is 0 Å². The predicted octanol–water partition coefficient (Wildman–Crippen LogP) is -0.720. The first-order chi connectivity index (χ1) is 9.52. The molecular formula is C13H11N3O4. The molecular weight excluding hydrogens is 262 g/mol. The summed E-state index contributed by atoms with van der Waals surface area (Å²) in [6.45, 7) is -0.290. The SMILES string of the molecule is O=C1CN(C(=O)c2ccc3c(c2)NC(=O)C3)CC(=O)N1. The molecule has 0 atom stereocenters. The minimum absolute atomic E-state index is 0.114. The van der Waals surface area contributed by atoms with Crippen LogP contribution in [0.2, 0.25) is 0 Å². The van der Waals surface area contributed by atoms with E-state index in [1.54, 1.807) is 18.2 Å². The van der Waals surface area contributed by atoms with Crippen LogP contribution in [0.4, 0.5) is 5.69 Å². The number of nitrogens with one attached hydrogen (secondary N) is 2. The van der Waals surface area contributed by atoms with Crippen molar-refractivity contribution in [1.29, 1.82) is 0 Å². The number of anilines is 1. The zero-order valence-electron chi connectivity index (χ0n) is 10.4. The van der Waals surface area contributed by atoms with Gasteiger partial charge >= 0.3 is 0 Å². The highest BCUT2D eigenvalue weighted by atomic mass is 16.2. The van der Waals surface area contributed by atoms with E-state index in [2.05, 4.69) is 10.6 Å². The Hall–Kier alpha value is -2.70. The summed E-state index contributed by atoms with van der Waals surface area (Å²) in [7, 11) is 0. The zero-order valence-corrected chi connectivity index (χ0v) is 10.4. The minimum Gasteiger partial charge on any atom is -0.326 e. The summed E-state index contributed by atoms with van der Waals surface area (Å²) < 4.78 is 0. The fourth-order valence-corrected chi connectivity index (χ4v) is 2.31. The van der Waals surface area contributed by atoms with Gasteiger partial charge in [-0.2, -0.15) is 0 Å². The number of amides is 4. The van der Waals surface area contributed by atoms with Crippen molar-refractivity contribution in [2.45, 2.75) is 6.42 Å². The molecule has 2 N–H and O–H groups in total. The van der Waals surface area contributed by atoms with Gasteiger partial charge in [0.15, 0.2) is 0 Å². The summed E-state index contributed by atoms with van der Waals surface area (Å²) >= 11 is 0. The number of piperazine rings is 1. The van der Waals surface area contributed by atoms with E-state index in [9.17, 15) is 19.2 Å². The number of rotatable bonds is 1. The molecule has 0 aliphatic carbocycles. The fourth-order valence-electron chi connectivity index (χ4n) is 2.31. The molecule has 1 fully saturated rings. The molecule has 0 bridgehead atoms. The van der Waals surface area contributed by atoms with E-state index in [1.165, 1.54) is 4.90 Å². The average molecular weight is 273 g/mol. The van der Waals surface area contributed by atoms with Crippen molar-refractivity contribution >= 4 is 29.3 Å². The molecule has 7 heteroatoms. The normalized spacial score (nSPS) is 17.6. The number of fused-ring (bicyclic) bond motifs is 1. The van der Waals surface area contributed by atoms with E-state index in [0.29, 0.717) is 17.7 Å². The van der Waals surface area contributed by atoms with Crippen molar-refractivity contribution in [2.75, 3.05) is 18.4 Å². The van der Waals surface area contributed by atoms with Crippen molar-refractivity contribution < 1.29 is 19.2 Å². The number of hydrogen-bond acceptors (Lipinski definition) is 4. The summed E-state index contributed by atoms with van der Waals surface area (Å²) in [4.78, 5) is 47.2. The second-order valence-electron chi connectivity index (χ2n) is 4.73. The van der Waals surface area contributed by atoms with Gasteiger partial charge in [-0.1, -0.05) is 6.07 Å². The number of hydrogen-bond donors (Lipinski definition) is 2. The first-order valence-corrected chi connectivity index (χ1v) is 6.07. The molecule has 1 saturated heterocycles. The highest BCUT2D eigenvalue weighted by Crippen LogP contribution is 2.24. The largest absolute Gasteiger partial charge is 0.326 e. The van der Waals surface area contributed by atoms with Crippen molar-refractivity contribution in [1.82, 2.24) is 10.2 Å². The van der Waals surface area contributed by atoms with Crippen molar-refractivity contribution in [3.8, 4) is 0 Å². The van der Waals surface area contributed by atoms with Crippen LogP contribution in [0.1, 0.15) is 15.9 Å². The van der Waals surface area contributed by atoms with E-state index in [0.717, 1.165) is 5.56 Å². The molecule has 0 radical (unpaired) electrons. The smallest absolute Gasteiger partial charge is 0.254 e. The first-order valence-electron chi connectivity index (χ1n) is 6.07. The molecule has 0 saturated carbocycles. The van der Waals surface area contributed by atoms with Crippen molar-refractivity contribution in [3.05, 3.63) is 29.3 Å². The minimum atomic E-state index is -0.496. The molecule has 0 spiro atoms. The van der Waals surface area contributed by atoms with E-state index < -0.39 is 17.7 Å². The molecule has 0 unspecified atom stereocenters. The maximum absolute atomic E-state index is 12.3. The van der Waals surface area contributed by atoms with Crippen LogP contribution in [-0.2, 0) is 20.8 Å². The Balaban J connectivity index is 1.84. The molecule has 102 valence electrons. The Bertz CT molecular complexity index is 637. The van der Waals surface area contributed by atoms with E-state index in [-0.39, 0.29) is 19.0 Å². The van der Waals surface area contributed by atoms with Gasteiger partial charge in [0.25, 0.3) is 5.91 Å². The van der Waals surface area contributed by atoms with Gasteiger partial charge in [-0.15, -0.1) is 0 Å². The monoisotopic (exact) mass is 273 g/mol. The Kier molecular flexibility index (Phi) is 2.74. The van der Waals surface area contributed by atoms with E-state index >= 15 is 0 Å². The van der Waals surface area contributed by atoms with Gasteiger partial charge in [0.1, 0.15) is 13.1 Å². The Labute approximate surface area is 113 Å². The van der Waals surface area contributed by atoms with Gasteiger partial charge in [0, 0.05) is 11.3 Å². The van der Waals surface area contributed by atoms with Gasteiger partial charge in [-0.25, -0.2) is 0 Å². The maximum atomic E-state index is 12.3. The summed E-state index contributed by atoms with van der Waals surface area (Å²) in [5.41, 5.74) is 1.78. The standard InChI is InChI=1S/C13H11N3O4/c17-10-4-7-1-2-8(3-9(7)14-10)13(20)16-5-11(18)15-12(19)6-16/h1-3H,4-6H2,(H,14,17)(H,15,18,19). The average Bonchev–Trinajstić information content (AvgIpc) is 2.75. The maximum Gasteiger partial charge on any atom is 0.254 e. The lowest BCUT2D eigenvalue weighted by atomic mass is 10.1. The number of carbonyl (C=O) groups excluding carboxylic acids is 4. The number of imide groups is 1. The van der Waals surface area contributed by atoms with E-state index in [4.69, 9.17) is 0 Å². The third-order valence-electron chi connectivity index (χ3n) is 3.22. The lowest BCUT2D eigenvalue weighted by Gasteiger charge is -2.25. The molecule has 2 aliphatic rings. The highest BCUT2D eigenvalue weighted by Gasteiger charge is 2.28. The molecule has 20 heavy (non-hydrogen) atoms. The van der Waals surface area contributed by atoms with Gasteiger partial charge in [0.2, 0.25) is 17.7 Å². The topological polar surface area (TPSA) is 95.6 Å². The second kappa shape index (κ2) is 4.44. The predicted molar refractivity (Wildman–Crippen MR) is 67.8 cm³/mol. The Morgan fingerprint density at radius 3 is 2.40 bits per heavy atom. The van der Waals surface area contributed by atoms with Crippen LogP contribution in [0.3, 0.4) is 0 Å². The van der Waals surface area contributed by atoms with Crippen LogP contribution in [0.25, 0.3) is 0 Å². The highest BCUT2D eigenvalue weighted by molar-refractivity contribution is 6.07. The third kappa shape index (κ3) is 2.13.